The van der Waals surface area contributed by atoms with Gasteiger partial charge in [0, 0.05) is 38.3 Å². The van der Waals surface area contributed by atoms with Crippen LogP contribution in [0.4, 0.5) is 5.69 Å². The van der Waals surface area contributed by atoms with Crippen LogP contribution in [0.15, 0.2) is 30.9 Å². The molecular formula is C16H25Cl2N3O3. The summed E-state index contributed by atoms with van der Waals surface area (Å²) in [5, 5.41) is 14.6. The van der Waals surface area contributed by atoms with E-state index in [9.17, 15) is 10.1 Å². The molecule has 2 rings (SSSR count). The van der Waals surface area contributed by atoms with E-state index in [-0.39, 0.29) is 41.5 Å². The Morgan fingerprint density at radius 3 is 2.62 bits per heavy atom. The van der Waals surface area contributed by atoms with Crippen LogP contribution < -0.4 is 10.1 Å². The molecule has 1 aliphatic heterocycles. The van der Waals surface area contributed by atoms with Gasteiger partial charge in [-0.05, 0) is 24.5 Å². The van der Waals surface area contributed by atoms with E-state index in [0.29, 0.717) is 5.75 Å². The maximum absolute atomic E-state index is 11.2. The minimum Gasteiger partial charge on any atom is -0.490 e. The van der Waals surface area contributed by atoms with E-state index < -0.39 is 0 Å². The topological polar surface area (TPSA) is 67.6 Å². The third-order valence-corrected chi connectivity index (χ3v) is 4.02. The van der Waals surface area contributed by atoms with Crippen LogP contribution in [0.3, 0.4) is 0 Å². The van der Waals surface area contributed by atoms with Crippen LogP contribution in [0.2, 0.25) is 0 Å². The Hall–Kier alpha value is -1.34. The number of nitrogens with one attached hydrogen (secondary N) is 1. The first-order valence-electron chi connectivity index (χ1n) is 7.55. The molecule has 6 nitrogen and oxygen atoms in total. The van der Waals surface area contributed by atoms with Crippen LogP contribution >= 0.6 is 24.8 Å². The van der Waals surface area contributed by atoms with Crippen molar-refractivity contribution in [1.82, 2.24) is 10.2 Å². The maximum atomic E-state index is 11.2. The minimum absolute atomic E-state index is 0. The molecule has 0 aromatic heterocycles. The quantitative estimate of drug-likeness (QED) is 0.448. The SMILES string of the molecule is C=CCC[C@@H](c1ccc(OC)c([N+](=O)[O-])c1)N1CCNCC1.Cl.Cl. The number of piperazine rings is 1. The molecule has 1 atom stereocenters. The van der Waals surface area contributed by atoms with Crippen molar-refractivity contribution in [2.24, 2.45) is 0 Å². The molecule has 1 aromatic rings. The zero-order valence-electron chi connectivity index (χ0n) is 13.8. The number of halogens is 2. The van der Waals surface area contributed by atoms with Crippen LogP contribution in [-0.4, -0.2) is 43.1 Å². The number of allylic oxidation sites excluding steroid dienone is 1. The normalized spacial score (nSPS) is 15.5. The standard InChI is InChI=1S/C16H23N3O3.2ClH/c1-3-4-5-14(18-10-8-17-9-11-18)13-6-7-16(22-2)15(12-13)19(20)21;;/h3,6-7,12,14,17H,1,4-5,8-11H2,2H3;2*1H/t14-;;/m0../s1. The van der Waals surface area contributed by atoms with Crippen molar-refractivity contribution >= 4 is 30.5 Å². The molecule has 1 N–H and O–H groups in total. The van der Waals surface area contributed by atoms with Crippen LogP contribution in [0.5, 0.6) is 5.75 Å². The molecule has 24 heavy (non-hydrogen) atoms. The number of methoxy groups -OCH3 is 1. The van der Waals surface area contributed by atoms with E-state index in [4.69, 9.17) is 4.74 Å². The number of hydrogen-bond acceptors (Lipinski definition) is 5. The van der Waals surface area contributed by atoms with Crippen molar-refractivity contribution in [2.75, 3.05) is 33.3 Å². The summed E-state index contributed by atoms with van der Waals surface area (Å²) in [7, 11) is 1.45. The molecule has 136 valence electrons. The van der Waals surface area contributed by atoms with Gasteiger partial charge >= 0.3 is 5.69 Å². The van der Waals surface area contributed by atoms with E-state index in [1.165, 1.54) is 7.11 Å². The van der Waals surface area contributed by atoms with Crippen molar-refractivity contribution in [3.8, 4) is 5.75 Å². The van der Waals surface area contributed by atoms with Gasteiger partial charge in [0.1, 0.15) is 0 Å². The number of nitro benzene ring substituents is 1. The second-order valence-corrected chi connectivity index (χ2v) is 5.36. The Kier molecular flexibility index (Phi) is 10.6. The van der Waals surface area contributed by atoms with Gasteiger partial charge in [-0.3, -0.25) is 15.0 Å². The smallest absolute Gasteiger partial charge is 0.311 e. The third-order valence-electron chi connectivity index (χ3n) is 4.02. The molecule has 0 saturated carbocycles. The fraction of sp³-hybridized carbons (Fsp3) is 0.500. The van der Waals surface area contributed by atoms with E-state index in [0.717, 1.165) is 44.6 Å². The Morgan fingerprint density at radius 2 is 2.08 bits per heavy atom. The molecule has 0 bridgehead atoms. The molecule has 1 heterocycles. The van der Waals surface area contributed by atoms with E-state index in [1.54, 1.807) is 12.1 Å². The lowest BCUT2D eigenvalue weighted by atomic mass is 9.98. The monoisotopic (exact) mass is 377 g/mol. The minimum atomic E-state index is -0.384. The van der Waals surface area contributed by atoms with E-state index in [1.807, 2.05) is 12.1 Å². The van der Waals surface area contributed by atoms with Gasteiger partial charge in [0.05, 0.1) is 12.0 Å². The second kappa shape index (κ2) is 11.3. The van der Waals surface area contributed by atoms with Gasteiger partial charge in [-0.15, -0.1) is 31.4 Å². The molecule has 1 saturated heterocycles. The fourth-order valence-corrected chi connectivity index (χ4v) is 2.89. The van der Waals surface area contributed by atoms with Crippen molar-refractivity contribution in [1.29, 1.82) is 0 Å². The first-order valence-corrected chi connectivity index (χ1v) is 7.55. The highest BCUT2D eigenvalue weighted by molar-refractivity contribution is 5.85. The predicted molar refractivity (Wildman–Crippen MR) is 101 cm³/mol. The zero-order valence-corrected chi connectivity index (χ0v) is 15.4. The molecule has 8 heteroatoms. The van der Waals surface area contributed by atoms with Crippen molar-refractivity contribution in [2.45, 2.75) is 18.9 Å². The van der Waals surface area contributed by atoms with Crippen molar-refractivity contribution < 1.29 is 9.66 Å². The van der Waals surface area contributed by atoms with Gasteiger partial charge in [0.2, 0.25) is 0 Å². The van der Waals surface area contributed by atoms with Gasteiger partial charge < -0.3 is 10.1 Å². The molecule has 1 aliphatic rings. The van der Waals surface area contributed by atoms with Crippen LogP contribution in [-0.2, 0) is 0 Å². The van der Waals surface area contributed by atoms with Crippen molar-refractivity contribution in [3.63, 3.8) is 0 Å². The number of rotatable bonds is 7. The molecule has 0 radical (unpaired) electrons. The summed E-state index contributed by atoms with van der Waals surface area (Å²) in [5.41, 5.74) is 0.995. The summed E-state index contributed by atoms with van der Waals surface area (Å²) < 4.78 is 5.09. The molecule has 0 unspecified atom stereocenters. The number of benzene rings is 1. The largest absolute Gasteiger partial charge is 0.490 e. The molecular weight excluding hydrogens is 353 g/mol. The Balaban J connectivity index is 0.00000264. The van der Waals surface area contributed by atoms with E-state index >= 15 is 0 Å². The summed E-state index contributed by atoms with van der Waals surface area (Å²) in [5.74, 6) is 0.302. The summed E-state index contributed by atoms with van der Waals surface area (Å²) in [6.07, 6.45) is 3.69. The lowest BCUT2D eigenvalue weighted by molar-refractivity contribution is -0.385. The maximum Gasteiger partial charge on any atom is 0.311 e. The lowest BCUT2D eigenvalue weighted by Gasteiger charge is -2.35. The average Bonchev–Trinajstić information content (AvgIpc) is 2.56. The highest BCUT2D eigenvalue weighted by atomic mass is 35.5. The van der Waals surface area contributed by atoms with Gasteiger partial charge in [-0.25, -0.2) is 0 Å². The lowest BCUT2D eigenvalue weighted by Crippen LogP contribution is -2.45. The highest BCUT2D eigenvalue weighted by Gasteiger charge is 2.24. The summed E-state index contributed by atoms with van der Waals surface area (Å²) >= 11 is 0. The van der Waals surface area contributed by atoms with Gasteiger partial charge in [0.25, 0.3) is 0 Å². The predicted octanol–water partition coefficient (Wildman–Crippen LogP) is 3.36. The average molecular weight is 378 g/mol. The van der Waals surface area contributed by atoms with Gasteiger partial charge in [0.15, 0.2) is 5.75 Å². The Morgan fingerprint density at radius 1 is 1.42 bits per heavy atom. The van der Waals surface area contributed by atoms with Crippen LogP contribution in [0.1, 0.15) is 24.4 Å². The van der Waals surface area contributed by atoms with Crippen LogP contribution in [0.25, 0.3) is 0 Å². The molecule has 0 spiro atoms. The number of hydrogen-bond donors (Lipinski definition) is 1. The number of nitro groups is 1. The number of ether oxygens (including phenoxy) is 1. The molecule has 0 aliphatic carbocycles. The molecule has 1 aromatic carbocycles. The molecule has 0 amide bonds. The van der Waals surface area contributed by atoms with E-state index in [2.05, 4.69) is 16.8 Å². The highest BCUT2D eigenvalue weighted by Crippen LogP contribution is 2.33. The summed E-state index contributed by atoms with van der Waals surface area (Å²) in [4.78, 5) is 13.2. The second-order valence-electron chi connectivity index (χ2n) is 5.36. The van der Waals surface area contributed by atoms with Crippen molar-refractivity contribution in [3.05, 3.63) is 46.5 Å². The molecule has 1 fully saturated rings. The first kappa shape index (κ1) is 22.7. The number of nitrogens with zero attached hydrogens (tertiary/aromatic N) is 2. The Labute approximate surface area is 155 Å². The van der Waals surface area contributed by atoms with Gasteiger partial charge in [-0.2, -0.15) is 0 Å². The van der Waals surface area contributed by atoms with Gasteiger partial charge in [-0.1, -0.05) is 12.1 Å². The summed E-state index contributed by atoms with van der Waals surface area (Å²) in [6, 6.07) is 5.44. The zero-order chi connectivity index (χ0) is 15.9. The third kappa shape index (κ3) is 5.63. The Bertz CT molecular complexity index is 537. The summed E-state index contributed by atoms with van der Waals surface area (Å²) in [6.45, 7) is 7.57. The fourth-order valence-electron chi connectivity index (χ4n) is 2.89. The first-order chi connectivity index (χ1) is 10.7. The van der Waals surface area contributed by atoms with Crippen LogP contribution in [0, 0.1) is 10.1 Å².